The predicted molar refractivity (Wildman–Crippen MR) is 100 cm³/mol. The van der Waals surface area contributed by atoms with E-state index in [1.54, 1.807) is 31.2 Å². The summed E-state index contributed by atoms with van der Waals surface area (Å²) in [6.07, 6.45) is -0.640. The number of rotatable bonds is 4. The highest BCUT2D eigenvalue weighted by atomic mass is 32.2. The number of aryl methyl sites for hydroxylation is 1. The van der Waals surface area contributed by atoms with Crippen molar-refractivity contribution in [3.8, 4) is 0 Å². The van der Waals surface area contributed by atoms with Crippen molar-refractivity contribution < 1.29 is 32.5 Å². The maximum absolute atomic E-state index is 13.4. The molecule has 28 heavy (non-hydrogen) atoms. The lowest BCUT2D eigenvalue weighted by molar-refractivity contribution is -0.157. The fraction of sp³-hybridized carbons (Fsp3) is 0.632. The second-order valence-corrected chi connectivity index (χ2v) is 9.11. The van der Waals surface area contributed by atoms with Gasteiger partial charge in [-0.25, -0.2) is 8.42 Å². The first-order chi connectivity index (χ1) is 13.3. The molecule has 1 N–H and O–H groups in total. The highest BCUT2D eigenvalue weighted by Gasteiger charge is 2.43. The lowest BCUT2D eigenvalue weighted by atomic mass is 9.96. The minimum atomic E-state index is -3.83. The van der Waals surface area contributed by atoms with Crippen LogP contribution in [0.3, 0.4) is 0 Å². The van der Waals surface area contributed by atoms with Crippen LogP contribution in [0.5, 0.6) is 0 Å². The third kappa shape index (κ3) is 4.55. The molecule has 1 aromatic rings. The van der Waals surface area contributed by atoms with Gasteiger partial charge in [0.15, 0.2) is 0 Å². The van der Waals surface area contributed by atoms with Crippen LogP contribution in [0, 0.1) is 6.92 Å². The van der Waals surface area contributed by atoms with E-state index in [-0.39, 0.29) is 43.1 Å². The molecule has 0 unspecified atom stereocenters. The summed E-state index contributed by atoms with van der Waals surface area (Å²) in [5, 5.41) is 10.2. The summed E-state index contributed by atoms with van der Waals surface area (Å²) < 4.78 is 44.4. The average molecular weight is 413 g/mol. The Hall–Kier alpha value is -1.52. The van der Waals surface area contributed by atoms with E-state index in [1.807, 2.05) is 0 Å². The number of sulfonamides is 1. The van der Waals surface area contributed by atoms with Gasteiger partial charge in [0.05, 0.1) is 56.0 Å². The van der Waals surface area contributed by atoms with Gasteiger partial charge in [-0.05, 0) is 31.4 Å². The Morgan fingerprint density at radius 2 is 2.04 bits per heavy atom. The van der Waals surface area contributed by atoms with Gasteiger partial charge in [-0.2, -0.15) is 4.31 Å². The van der Waals surface area contributed by atoms with Gasteiger partial charge in [0.2, 0.25) is 10.0 Å². The summed E-state index contributed by atoms with van der Waals surface area (Å²) in [4.78, 5) is 11.8. The molecule has 1 aromatic carbocycles. The molecule has 2 heterocycles. The topological polar surface area (TPSA) is 102 Å². The summed E-state index contributed by atoms with van der Waals surface area (Å²) in [6.45, 7) is 1.85. The lowest BCUT2D eigenvalue weighted by Crippen LogP contribution is -2.57. The van der Waals surface area contributed by atoms with Crippen molar-refractivity contribution in [2.75, 3.05) is 26.9 Å². The van der Waals surface area contributed by atoms with Gasteiger partial charge in [0.1, 0.15) is 0 Å². The van der Waals surface area contributed by atoms with Crippen LogP contribution in [-0.2, 0) is 29.0 Å². The van der Waals surface area contributed by atoms with Crippen LogP contribution in [0.15, 0.2) is 29.2 Å². The highest BCUT2D eigenvalue weighted by Crippen LogP contribution is 2.32. The van der Waals surface area contributed by atoms with Crippen LogP contribution in [-0.4, -0.2) is 75.0 Å². The Balaban J connectivity index is 1.88. The summed E-state index contributed by atoms with van der Waals surface area (Å²) in [6, 6.07) is 6.32. The van der Waals surface area contributed by atoms with E-state index in [2.05, 4.69) is 0 Å². The van der Waals surface area contributed by atoms with Crippen molar-refractivity contribution >= 4 is 16.0 Å². The molecule has 2 fully saturated rings. The molecular formula is C19H27NO7S. The second-order valence-electron chi connectivity index (χ2n) is 7.25. The molecule has 0 radical (unpaired) electrons. The number of esters is 1. The zero-order valence-electron chi connectivity index (χ0n) is 16.1. The van der Waals surface area contributed by atoms with E-state index in [0.717, 1.165) is 0 Å². The first kappa shape index (κ1) is 21.2. The van der Waals surface area contributed by atoms with Gasteiger partial charge in [0.25, 0.3) is 0 Å². The number of ether oxygens (including phenoxy) is 3. The summed E-state index contributed by atoms with van der Waals surface area (Å²) in [7, 11) is -2.51. The van der Waals surface area contributed by atoms with Crippen molar-refractivity contribution in [3.05, 3.63) is 29.8 Å². The number of β-amino-alcohol motifs (C(OH)–C–C–N with tert-alkyl or cyclic N) is 1. The fourth-order valence-electron chi connectivity index (χ4n) is 3.81. The fourth-order valence-corrected chi connectivity index (χ4v) is 5.76. The minimum Gasteiger partial charge on any atom is -0.469 e. The zero-order chi connectivity index (χ0) is 20.3. The van der Waals surface area contributed by atoms with Crippen LogP contribution in [0.25, 0.3) is 0 Å². The van der Waals surface area contributed by atoms with Crippen LogP contribution >= 0.6 is 0 Å². The standard InChI is InChI=1S/C19H27NO7S/c1-13-5-3-4-6-18(13)28(23,24)20-10-14(21)11-26-12-17-16(20)8-7-15(27-17)9-19(22)25-2/h3-6,14-17,21H,7-12H2,1-2H3/t14-,15-,16+,17-/m1/s1. The number of hydrogen-bond donors (Lipinski definition) is 1. The number of methoxy groups -OCH3 is 1. The molecule has 0 amide bonds. The van der Waals surface area contributed by atoms with Gasteiger partial charge < -0.3 is 19.3 Å². The van der Waals surface area contributed by atoms with Gasteiger partial charge in [-0.3, -0.25) is 4.79 Å². The third-order valence-corrected chi connectivity index (χ3v) is 7.29. The number of nitrogens with zero attached hydrogens (tertiary/aromatic N) is 1. The van der Waals surface area contributed by atoms with Crippen molar-refractivity contribution in [2.24, 2.45) is 0 Å². The van der Waals surface area contributed by atoms with Gasteiger partial charge >= 0.3 is 5.97 Å². The molecule has 4 atom stereocenters. The van der Waals surface area contributed by atoms with E-state index >= 15 is 0 Å². The van der Waals surface area contributed by atoms with E-state index in [4.69, 9.17) is 14.2 Å². The Morgan fingerprint density at radius 1 is 1.29 bits per heavy atom. The Labute approximate surface area is 165 Å². The maximum Gasteiger partial charge on any atom is 0.308 e. The number of fused-ring (bicyclic) bond motifs is 1. The normalized spacial score (nSPS) is 29.4. The van der Waals surface area contributed by atoms with Gasteiger partial charge in [0, 0.05) is 6.54 Å². The van der Waals surface area contributed by atoms with Crippen molar-refractivity contribution in [1.82, 2.24) is 4.31 Å². The second kappa shape index (κ2) is 8.87. The third-order valence-electron chi connectivity index (χ3n) is 5.24. The molecule has 0 bridgehead atoms. The number of benzene rings is 1. The molecule has 0 spiro atoms. The minimum absolute atomic E-state index is 0.0219. The van der Waals surface area contributed by atoms with Crippen LogP contribution in [0.2, 0.25) is 0 Å². The number of carbonyl (C=O) groups is 1. The summed E-state index contributed by atoms with van der Waals surface area (Å²) in [5.74, 6) is -0.366. The summed E-state index contributed by atoms with van der Waals surface area (Å²) in [5.41, 5.74) is 0.646. The Kier molecular flexibility index (Phi) is 6.72. The smallest absolute Gasteiger partial charge is 0.308 e. The van der Waals surface area contributed by atoms with Crippen LogP contribution < -0.4 is 0 Å². The molecule has 9 heteroatoms. The monoisotopic (exact) mass is 413 g/mol. The molecule has 3 rings (SSSR count). The molecule has 2 saturated heterocycles. The van der Waals surface area contributed by atoms with Crippen LogP contribution in [0.4, 0.5) is 0 Å². The van der Waals surface area contributed by atoms with Crippen molar-refractivity contribution in [2.45, 2.75) is 55.4 Å². The number of hydrogen-bond acceptors (Lipinski definition) is 7. The van der Waals surface area contributed by atoms with Crippen molar-refractivity contribution in [3.63, 3.8) is 0 Å². The van der Waals surface area contributed by atoms with E-state index < -0.39 is 28.3 Å². The van der Waals surface area contributed by atoms with Crippen LogP contribution in [0.1, 0.15) is 24.8 Å². The number of carbonyl (C=O) groups excluding carboxylic acids is 1. The molecule has 0 aromatic heterocycles. The Bertz CT molecular complexity index is 797. The highest BCUT2D eigenvalue weighted by molar-refractivity contribution is 7.89. The zero-order valence-corrected chi connectivity index (χ0v) is 16.9. The van der Waals surface area contributed by atoms with Gasteiger partial charge in [-0.1, -0.05) is 18.2 Å². The number of aliphatic hydroxyl groups is 1. The van der Waals surface area contributed by atoms with Gasteiger partial charge in [-0.15, -0.1) is 0 Å². The lowest BCUT2D eigenvalue weighted by Gasteiger charge is -2.43. The number of aliphatic hydroxyl groups excluding tert-OH is 1. The molecule has 0 saturated carbocycles. The Morgan fingerprint density at radius 3 is 2.75 bits per heavy atom. The molecular weight excluding hydrogens is 386 g/mol. The predicted octanol–water partition coefficient (Wildman–Crippen LogP) is 0.856. The molecule has 156 valence electrons. The largest absolute Gasteiger partial charge is 0.469 e. The first-order valence-corrected chi connectivity index (χ1v) is 10.8. The SMILES string of the molecule is COC(=O)C[C@H]1CC[C@H]2[C@@H](COC[C@H](O)CN2S(=O)(=O)c2ccccc2C)O1. The van der Waals surface area contributed by atoms with E-state index in [9.17, 15) is 18.3 Å². The average Bonchev–Trinajstić information content (AvgIpc) is 2.65. The summed E-state index contributed by atoms with van der Waals surface area (Å²) >= 11 is 0. The molecule has 0 aliphatic carbocycles. The van der Waals surface area contributed by atoms with Crippen molar-refractivity contribution in [1.29, 1.82) is 0 Å². The molecule has 8 nitrogen and oxygen atoms in total. The first-order valence-electron chi connectivity index (χ1n) is 9.38. The molecule has 2 aliphatic rings. The van der Waals surface area contributed by atoms with E-state index in [1.165, 1.54) is 11.4 Å². The quantitative estimate of drug-likeness (QED) is 0.730. The van der Waals surface area contributed by atoms with E-state index in [0.29, 0.717) is 18.4 Å². The maximum atomic E-state index is 13.4. The molecule has 2 aliphatic heterocycles.